The van der Waals surface area contributed by atoms with E-state index >= 15 is 0 Å². The van der Waals surface area contributed by atoms with Crippen LogP contribution < -0.4 is 10.6 Å². The van der Waals surface area contributed by atoms with Gasteiger partial charge in [-0.1, -0.05) is 12.8 Å². The number of hydrogen-bond acceptors (Lipinski definition) is 4. The molecule has 17 heavy (non-hydrogen) atoms. The Morgan fingerprint density at radius 1 is 1.29 bits per heavy atom. The molecular weight excluding hydrogens is 230 g/mol. The maximum absolute atomic E-state index is 5.65. The Morgan fingerprint density at radius 2 is 2.12 bits per heavy atom. The summed E-state index contributed by atoms with van der Waals surface area (Å²) in [7, 11) is 0. The molecule has 1 saturated heterocycles. The predicted molar refractivity (Wildman–Crippen MR) is 72.3 cm³/mol. The summed E-state index contributed by atoms with van der Waals surface area (Å²) in [5.41, 5.74) is 6.69. The number of aromatic nitrogens is 1. The Morgan fingerprint density at radius 3 is 2.94 bits per heavy atom. The molecule has 3 nitrogen and oxygen atoms in total. The molecule has 0 amide bonds. The van der Waals surface area contributed by atoms with Crippen LogP contribution in [0.1, 0.15) is 44.2 Å². The van der Waals surface area contributed by atoms with E-state index < -0.39 is 0 Å². The number of rotatable bonds is 2. The van der Waals surface area contributed by atoms with Gasteiger partial charge in [0, 0.05) is 24.5 Å². The molecule has 94 valence electrons. The van der Waals surface area contributed by atoms with Crippen molar-refractivity contribution in [2.45, 2.75) is 51.1 Å². The highest BCUT2D eigenvalue weighted by Gasteiger charge is 2.34. The average Bonchev–Trinajstić information content (AvgIpc) is 2.87. The quantitative estimate of drug-likeness (QED) is 0.879. The summed E-state index contributed by atoms with van der Waals surface area (Å²) in [6.07, 6.45) is 8.38. The number of piperidine rings is 1. The molecule has 2 atom stereocenters. The monoisotopic (exact) mass is 251 g/mol. The SMILES string of the molecule is NCc1csc(N2CCC[C@H]3CCCC[C@H]32)n1. The molecule has 1 saturated carbocycles. The Hall–Kier alpha value is -0.610. The van der Waals surface area contributed by atoms with E-state index in [1.54, 1.807) is 11.3 Å². The fraction of sp³-hybridized carbons (Fsp3) is 0.769. The van der Waals surface area contributed by atoms with Crippen molar-refractivity contribution in [3.8, 4) is 0 Å². The van der Waals surface area contributed by atoms with Crippen molar-refractivity contribution in [1.82, 2.24) is 4.98 Å². The molecule has 3 rings (SSSR count). The molecule has 2 N–H and O–H groups in total. The van der Waals surface area contributed by atoms with Gasteiger partial charge in [0.15, 0.2) is 5.13 Å². The fourth-order valence-electron chi connectivity index (χ4n) is 3.38. The third-order valence-corrected chi connectivity index (χ3v) is 5.16. The molecule has 0 spiro atoms. The normalized spacial score (nSPS) is 29.1. The second-order valence-corrected chi connectivity index (χ2v) is 6.11. The summed E-state index contributed by atoms with van der Waals surface area (Å²) in [6, 6.07) is 0.759. The van der Waals surface area contributed by atoms with Gasteiger partial charge < -0.3 is 10.6 Å². The van der Waals surface area contributed by atoms with Crippen LogP contribution in [-0.2, 0) is 6.54 Å². The van der Waals surface area contributed by atoms with E-state index in [4.69, 9.17) is 5.73 Å². The zero-order valence-corrected chi connectivity index (χ0v) is 11.1. The van der Waals surface area contributed by atoms with E-state index in [2.05, 4.69) is 15.3 Å². The highest BCUT2D eigenvalue weighted by Crippen LogP contribution is 2.38. The number of hydrogen-bond donors (Lipinski definition) is 1. The average molecular weight is 251 g/mol. The van der Waals surface area contributed by atoms with E-state index in [0.29, 0.717) is 6.54 Å². The first-order valence-electron chi connectivity index (χ1n) is 6.79. The summed E-state index contributed by atoms with van der Waals surface area (Å²) in [6.45, 7) is 1.76. The Balaban J connectivity index is 1.80. The molecule has 2 fully saturated rings. The molecule has 1 aliphatic carbocycles. The molecule has 1 aliphatic heterocycles. The maximum atomic E-state index is 5.65. The summed E-state index contributed by atoms with van der Waals surface area (Å²) in [5.74, 6) is 0.919. The van der Waals surface area contributed by atoms with E-state index in [0.717, 1.165) is 17.7 Å². The minimum atomic E-state index is 0.568. The van der Waals surface area contributed by atoms with Crippen LogP contribution in [0, 0.1) is 5.92 Å². The third-order valence-electron chi connectivity index (χ3n) is 4.24. The first-order valence-corrected chi connectivity index (χ1v) is 7.67. The molecule has 0 aromatic carbocycles. The topological polar surface area (TPSA) is 42.1 Å². The number of nitrogens with zero attached hydrogens (tertiary/aromatic N) is 2. The number of nitrogens with two attached hydrogens (primary N) is 1. The van der Waals surface area contributed by atoms with Crippen molar-refractivity contribution in [2.75, 3.05) is 11.4 Å². The molecule has 0 unspecified atom stereocenters. The summed E-state index contributed by atoms with van der Waals surface area (Å²) in [5, 5.41) is 3.32. The minimum absolute atomic E-state index is 0.568. The van der Waals surface area contributed by atoms with Gasteiger partial charge in [0.2, 0.25) is 0 Å². The van der Waals surface area contributed by atoms with Gasteiger partial charge in [0.25, 0.3) is 0 Å². The fourth-order valence-corrected chi connectivity index (χ4v) is 4.31. The smallest absolute Gasteiger partial charge is 0.185 e. The van der Waals surface area contributed by atoms with Crippen LogP contribution in [-0.4, -0.2) is 17.6 Å². The molecule has 0 bridgehead atoms. The van der Waals surface area contributed by atoms with Crippen molar-refractivity contribution in [2.24, 2.45) is 11.7 Å². The van der Waals surface area contributed by atoms with Crippen LogP contribution in [0.4, 0.5) is 5.13 Å². The Kier molecular flexibility index (Phi) is 3.34. The molecule has 4 heteroatoms. The van der Waals surface area contributed by atoms with Crippen molar-refractivity contribution in [3.05, 3.63) is 11.1 Å². The summed E-state index contributed by atoms with van der Waals surface area (Å²) < 4.78 is 0. The van der Waals surface area contributed by atoms with Crippen molar-refractivity contribution in [1.29, 1.82) is 0 Å². The van der Waals surface area contributed by atoms with Crippen LogP contribution in [0.25, 0.3) is 0 Å². The maximum Gasteiger partial charge on any atom is 0.185 e. The van der Waals surface area contributed by atoms with Crippen LogP contribution in [0.15, 0.2) is 5.38 Å². The summed E-state index contributed by atoms with van der Waals surface area (Å²) in [4.78, 5) is 7.23. The number of thiazole rings is 1. The van der Waals surface area contributed by atoms with Gasteiger partial charge >= 0.3 is 0 Å². The van der Waals surface area contributed by atoms with Gasteiger partial charge in [-0.05, 0) is 31.6 Å². The summed E-state index contributed by atoms with van der Waals surface area (Å²) >= 11 is 1.77. The lowest BCUT2D eigenvalue weighted by atomic mass is 9.78. The highest BCUT2D eigenvalue weighted by molar-refractivity contribution is 7.13. The zero-order chi connectivity index (χ0) is 11.7. The van der Waals surface area contributed by atoms with E-state index in [1.165, 1.54) is 50.2 Å². The highest BCUT2D eigenvalue weighted by atomic mass is 32.1. The zero-order valence-electron chi connectivity index (χ0n) is 10.3. The van der Waals surface area contributed by atoms with Crippen LogP contribution in [0.5, 0.6) is 0 Å². The molecule has 1 aromatic heterocycles. The van der Waals surface area contributed by atoms with E-state index in [9.17, 15) is 0 Å². The Bertz CT molecular complexity index is 374. The lowest BCUT2D eigenvalue weighted by molar-refractivity contribution is 0.243. The predicted octanol–water partition coefficient (Wildman–Crippen LogP) is 2.76. The second kappa shape index (κ2) is 4.94. The van der Waals surface area contributed by atoms with Crippen molar-refractivity contribution < 1.29 is 0 Å². The Labute approximate surface area is 107 Å². The van der Waals surface area contributed by atoms with Gasteiger partial charge in [-0.25, -0.2) is 4.98 Å². The van der Waals surface area contributed by atoms with E-state index in [1.807, 2.05) is 0 Å². The molecular formula is C13H21N3S. The largest absolute Gasteiger partial charge is 0.345 e. The van der Waals surface area contributed by atoms with E-state index in [-0.39, 0.29) is 0 Å². The van der Waals surface area contributed by atoms with Gasteiger partial charge in [-0.15, -0.1) is 11.3 Å². The van der Waals surface area contributed by atoms with Crippen molar-refractivity contribution in [3.63, 3.8) is 0 Å². The number of anilines is 1. The van der Waals surface area contributed by atoms with Crippen molar-refractivity contribution >= 4 is 16.5 Å². The standard InChI is InChI=1S/C13H21N3S/c14-8-11-9-17-13(15-11)16-7-3-5-10-4-1-2-6-12(10)16/h9-10,12H,1-8,14H2/t10-,12-/m1/s1. The minimum Gasteiger partial charge on any atom is -0.345 e. The van der Waals surface area contributed by atoms with Gasteiger partial charge in [-0.2, -0.15) is 0 Å². The number of fused-ring (bicyclic) bond motifs is 1. The van der Waals surface area contributed by atoms with Gasteiger partial charge in [0.05, 0.1) is 5.69 Å². The lowest BCUT2D eigenvalue weighted by Gasteiger charge is -2.44. The van der Waals surface area contributed by atoms with Gasteiger partial charge in [-0.3, -0.25) is 0 Å². The lowest BCUT2D eigenvalue weighted by Crippen LogP contribution is -2.46. The molecule has 2 heterocycles. The van der Waals surface area contributed by atoms with Crippen LogP contribution in [0.3, 0.4) is 0 Å². The van der Waals surface area contributed by atoms with Crippen LogP contribution in [0.2, 0.25) is 0 Å². The van der Waals surface area contributed by atoms with Gasteiger partial charge in [0.1, 0.15) is 0 Å². The van der Waals surface area contributed by atoms with Crippen LogP contribution >= 0.6 is 11.3 Å². The third kappa shape index (κ3) is 2.20. The molecule has 2 aliphatic rings. The second-order valence-electron chi connectivity index (χ2n) is 5.27. The first kappa shape index (κ1) is 11.5. The first-order chi connectivity index (χ1) is 8.38. The molecule has 1 aromatic rings. The molecule has 0 radical (unpaired) electrons.